The van der Waals surface area contributed by atoms with Crippen molar-refractivity contribution in [2.45, 2.75) is 88.3 Å². The highest BCUT2D eigenvalue weighted by molar-refractivity contribution is 5.29. The van der Waals surface area contributed by atoms with Gasteiger partial charge in [0.25, 0.3) is 0 Å². The predicted molar refractivity (Wildman–Crippen MR) is 111 cm³/mol. The molecule has 0 aliphatic heterocycles. The molecule has 0 amide bonds. The second-order valence-electron chi connectivity index (χ2n) is 11.1. The molecular formula is C24H34O7. The van der Waals surface area contributed by atoms with Gasteiger partial charge in [0, 0.05) is 11.5 Å². The maximum atomic E-state index is 12.2. The predicted octanol–water partition coefficient (Wildman–Crippen LogP) is 1.15. The van der Waals surface area contributed by atoms with E-state index in [0.29, 0.717) is 38.5 Å². The van der Waals surface area contributed by atoms with Crippen LogP contribution in [0.1, 0.15) is 63.9 Å². The van der Waals surface area contributed by atoms with Crippen molar-refractivity contribution in [1.82, 2.24) is 0 Å². The van der Waals surface area contributed by atoms with Crippen molar-refractivity contribution in [3.05, 3.63) is 34.4 Å². The molecule has 0 spiro atoms. The summed E-state index contributed by atoms with van der Waals surface area (Å²) < 4.78 is 5.09. The van der Waals surface area contributed by atoms with Gasteiger partial charge in [-0.05, 0) is 79.2 Å². The third-order valence-corrected chi connectivity index (χ3v) is 10.2. The highest BCUT2D eigenvalue weighted by atomic mass is 16.4. The van der Waals surface area contributed by atoms with E-state index in [1.54, 1.807) is 6.07 Å². The molecule has 31 heavy (non-hydrogen) atoms. The van der Waals surface area contributed by atoms with Gasteiger partial charge < -0.3 is 29.9 Å². The van der Waals surface area contributed by atoms with E-state index in [4.69, 9.17) is 4.42 Å². The van der Waals surface area contributed by atoms with Crippen molar-refractivity contribution in [3.8, 4) is 0 Å². The van der Waals surface area contributed by atoms with E-state index in [2.05, 4.69) is 0 Å². The maximum absolute atomic E-state index is 12.2. The van der Waals surface area contributed by atoms with Gasteiger partial charge in [-0.15, -0.1) is 0 Å². The van der Waals surface area contributed by atoms with Crippen LogP contribution in [-0.2, 0) is 0 Å². The average Bonchev–Trinajstić information content (AvgIpc) is 3.01. The maximum Gasteiger partial charge on any atom is 0.335 e. The first kappa shape index (κ1) is 21.6. The van der Waals surface area contributed by atoms with Crippen molar-refractivity contribution in [3.63, 3.8) is 0 Å². The van der Waals surface area contributed by atoms with Crippen LogP contribution in [-0.4, -0.2) is 55.5 Å². The van der Waals surface area contributed by atoms with Crippen molar-refractivity contribution in [1.29, 1.82) is 0 Å². The van der Waals surface area contributed by atoms with Crippen LogP contribution >= 0.6 is 0 Å². The molecule has 1 heterocycles. The summed E-state index contributed by atoms with van der Waals surface area (Å²) >= 11 is 0. The molecule has 0 bridgehead atoms. The molecule has 1 aromatic heterocycles. The molecule has 4 saturated carbocycles. The van der Waals surface area contributed by atoms with Gasteiger partial charge in [-0.1, -0.05) is 13.8 Å². The molecule has 5 N–H and O–H groups in total. The highest BCUT2D eigenvalue weighted by Gasteiger charge is 2.71. The quantitative estimate of drug-likeness (QED) is 0.448. The second kappa shape index (κ2) is 6.87. The first-order valence-electron chi connectivity index (χ1n) is 11.6. The standard InChI is InChI=1S/C24H34O7/c1-22-10-17(25)21(29)20(28)15(22)5-4-14-16(22)9-18(26)23(2)13(7-8-24(14,23)30)12-3-6-19(27)31-11-12/h3,6,11,13-18,20-21,25-26,28-30H,4-5,7-10H2,1-2H3/t13-,14-,15+,16+,17-,18+,20-,21+,22+,23+,24+/m1/s1. The van der Waals surface area contributed by atoms with Crippen LogP contribution in [0, 0.1) is 28.6 Å². The smallest absolute Gasteiger partial charge is 0.335 e. The molecule has 7 nitrogen and oxygen atoms in total. The lowest BCUT2D eigenvalue weighted by molar-refractivity contribution is -0.262. The summed E-state index contributed by atoms with van der Waals surface area (Å²) in [5, 5.41) is 55.1. The topological polar surface area (TPSA) is 131 Å². The monoisotopic (exact) mass is 434 g/mol. The molecule has 172 valence electrons. The fourth-order valence-corrected chi connectivity index (χ4v) is 8.44. The minimum absolute atomic E-state index is 0.0661. The summed E-state index contributed by atoms with van der Waals surface area (Å²) in [5.41, 5.74) is -1.97. The van der Waals surface area contributed by atoms with E-state index in [1.165, 1.54) is 12.3 Å². The van der Waals surface area contributed by atoms with E-state index in [1.807, 2.05) is 13.8 Å². The van der Waals surface area contributed by atoms with Gasteiger partial charge in [0.15, 0.2) is 0 Å². The zero-order valence-corrected chi connectivity index (χ0v) is 18.1. The van der Waals surface area contributed by atoms with Crippen LogP contribution in [0.4, 0.5) is 0 Å². The Labute approximate surface area is 181 Å². The van der Waals surface area contributed by atoms with Crippen LogP contribution in [0.15, 0.2) is 27.6 Å². The molecule has 4 aliphatic rings. The van der Waals surface area contributed by atoms with Crippen LogP contribution in [0.25, 0.3) is 0 Å². The third kappa shape index (κ3) is 2.67. The van der Waals surface area contributed by atoms with Gasteiger partial charge in [-0.2, -0.15) is 0 Å². The van der Waals surface area contributed by atoms with Crippen molar-refractivity contribution >= 4 is 0 Å². The Balaban J connectivity index is 1.54. The van der Waals surface area contributed by atoms with E-state index >= 15 is 0 Å². The van der Waals surface area contributed by atoms with Crippen LogP contribution < -0.4 is 5.63 Å². The lowest BCUT2D eigenvalue weighted by atomic mass is 9.42. The molecule has 5 rings (SSSR count). The Kier molecular flexibility index (Phi) is 4.79. The summed E-state index contributed by atoms with van der Waals surface area (Å²) in [6, 6.07) is 3.12. The summed E-state index contributed by atoms with van der Waals surface area (Å²) in [6.07, 6.45) is 0.930. The minimum Gasteiger partial charge on any atom is -0.431 e. The summed E-state index contributed by atoms with van der Waals surface area (Å²) in [5.74, 6) is -0.443. The number of hydrogen-bond acceptors (Lipinski definition) is 7. The number of aliphatic hydroxyl groups excluding tert-OH is 4. The Morgan fingerprint density at radius 1 is 0.968 bits per heavy atom. The zero-order chi connectivity index (χ0) is 22.3. The van der Waals surface area contributed by atoms with Crippen molar-refractivity contribution in [2.75, 3.05) is 0 Å². The summed E-state index contributed by atoms with van der Waals surface area (Å²) in [7, 11) is 0. The molecule has 0 aromatic carbocycles. The number of rotatable bonds is 1. The Bertz CT molecular complexity index is 895. The first-order chi connectivity index (χ1) is 14.5. The average molecular weight is 435 g/mol. The molecule has 0 radical (unpaired) electrons. The normalized spacial score (nSPS) is 54.0. The fraction of sp³-hybridized carbons (Fsp3) is 0.792. The van der Waals surface area contributed by atoms with Gasteiger partial charge >= 0.3 is 5.63 Å². The van der Waals surface area contributed by atoms with Gasteiger partial charge in [0.05, 0.1) is 30.2 Å². The summed E-state index contributed by atoms with van der Waals surface area (Å²) in [6.45, 7) is 4.00. The summed E-state index contributed by atoms with van der Waals surface area (Å²) in [4.78, 5) is 11.4. The number of fused-ring (bicyclic) bond motifs is 5. The lowest BCUT2D eigenvalue weighted by Gasteiger charge is -2.65. The van der Waals surface area contributed by atoms with E-state index in [-0.39, 0.29) is 23.7 Å². The molecule has 11 atom stereocenters. The van der Waals surface area contributed by atoms with E-state index < -0.39 is 46.5 Å². The molecule has 0 unspecified atom stereocenters. The number of aliphatic hydroxyl groups is 5. The SMILES string of the molecule is C[C@]12C[C@@H](O)[C@H](O)[C@H](O)[C@@H]1CC[C@@H]1[C@@H]2C[C@H](O)[C@]2(C)[C@@H](c3ccc(=O)oc3)CC[C@]12O. The molecule has 7 heteroatoms. The molecule has 1 aromatic rings. The molecular weight excluding hydrogens is 400 g/mol. The largest absolute Gasteiger partial charge is 0.431 e. The van der Waals surface area contributed by atoms with Gasteiger partial charge in [-0.3, -0.25) is 0 Å². The van der Waals surface area contributed by atoms with Crippen LogP contribution in [0.5, 0.6) is 0 Å². The second-order valence-corrected chi connectivity index (χ2v) is 11.1. The van der Waals surface area contributed by atoms with Crippen LogP contribution in [0.2, 0.25) is 0 Å². The van der Waals surface area contributed by atoms with Crippen molar-refractivity contribution in [2.24, 2.45) is 28.6 Å². The van der Waals surface area contributed by atoms with E-state index in [0.717, 1.165) is 5.56 Å². The highest BCUT2D eigenvalue weighted by Crippen LogP contribution is 2.70. The van der Waals surface area contributed by atoms with Gasteiger partial charge in [0.2, 0.25) is 0 Å². The molecule has 4 aliphatic carbocycles. The number of hydrogen-bond donors (Lipinski definition) is 5. The van der Waals surface area contributed by atoms with Gasteiger partial charge in [0.1, 0.15) is 6.10 Å². The minimum atomic E-state index is -1.15. The third-order valence-electron chi connectivity index (χ3n) is 10.2. The lowest BCUT2D eigenvalue weighted by Crippen LogP contribution is -2.69. The van der Waals surface area contributed by atoms with Crippen LogP contribution in [0.3, 0.4) is 0 Å². The van der Waals surface area contributed by atoms with Crippen molar-refractivity contribution < 1.29 is 29.9 Å². The molecule has 4 fully saturated rings. The Morgan fingerprint density at radius 2 is 1.68 bits per heavy atom. The fourth-order valence-electron chi connectivity index (χ4n) is 8.44. The Hall–Kier alpha value is -1.25. The Morgan fingerprint density at radius 3 is 2.35 bits per heavy atom. The first-order valence-corrected chi connectivity index (χ1v) is 11.6. The molecule has 0 saturated heterocycles. The van der Waals surface area contributed by atoms with Gasteiger partial charge in [-0.25, -0.2) is 4.79 Å². The zero-order valence-electron chi connectivity index (χ0n) is 18.1. The van der Waals surface area contributed by atoms with E-state index in [9.17, 15) is 30.3 Å².